The lowest BCUT2D eigenvalue weighted by Gasteiger charge is -2.17. The quantitative estimate of drug-likeness (QED) is 0.807. The van der Waals surface area contributed by atoms with Crippen molar-refractivity contribution in [3.8, 4) is 0 Å². The number of nitrogens with one attached hydrogen (secondary N) is 1. The molecule has 2 aromatic rings. The number of hydrogen-bond donors (Lipinski definition) is 1. The molecular weight excluding hydrogens is 298 g/mol. The fourth-order valence-electron chi connectivity index (χ4n) is 3.03. The Morgan fingerprint density at radius 1 is 1.24 bits per heavy atom. The highest BCUT2D eigenvalue weighted by atomic mass is 35.5. The van der Waals surface area contributed by atoms with Gasteiger partial charge in [-0.2, -0.15) is 0 Å². The van der Waals surface area contributed by atoms with E-state index in [0.29, 0.717) is 0 Å². The molecule has 0 aliphatic heterocycles. The third kappa shape index (κ3) is 3.18. The van der Waals surface area contributed by atoms with Crippen molar-refractivity contribution in [3.05, 3.63) is 55.7 Å². The summed E-state index contributed by atoms with van der Waals surface area (Å²) in [7, 11) is 0. The minimum absolute atomic E-state index is 0.267. The van der Waals surface area contributed by atoms with Crippen molar-refractivity contribution in [2.24, 2.45) is 0 Å². The van der Waals surface area contributed by atoms with Crippen LogP contribution in [-0.2, 0) is 12.8 Å². The van der Waals surface area contributed by atoms with E-state index in [1.165, 1.54) is 36.1 Å². The standard InChI is InChI=1S/C18H22ClNS/c1-3-20-18(14-9-8-12(2)15(19)10-14)17-11-13-6-4-5-7-16(13)21-17/h8-11,18,20H,3-7H2,1-2H3. The molecule has 0 saturated heterocycles. The molecule has 0 spiro atoms. The third-order valence-corrected chi connectivity index (χ3v) is 5.95. The summed E-state index contributed by atoms with van der Waals surface area (Å²) < 4.78 is 0. The summed E-state index contributed by atoms with van der Waals surface area (Å²) >= 11 is 8.30. The van der Waals surface area contributed by atoms with Crippen molar-refractivity contribution in [1.82, 2.24) is 5.32 Å². The van der Waals surface area contributed by atoms with Gasteiger partial charge in [0.15, 0.2) is 0 Å². The second-order valence-electron chi connectivity index (χ2n) is 5.80. The molecule has 1 aromatic carbocycles. The maximum atomic E-state index is 6.32. The van der Waals surface area contributed by atoms with Gasteiger partial charge in [-0.05, 0) is 68.0 Å². The highest BCUT2D eigenvalue weighted by Gasteiger charge is 2.20. The average molecular weight is 320 g/mol. The van der Waals surface area contributed by atoms with Gasteiger partial charge in [0, 0.05) is 14.8 Å². The van der Waals surface area contributed by atoms with Crippen LogP contribution in [0.1, 0.15) is 52.3 Å². The van der Waals surface area contributed by atoms with Gasteiger partial charge in [0.2, 0.25) is 0 Å². The fourth-order valence-corrected chi connectivity index (χ4v) is 4.58. The van der Waals surface area contributed by atoms with Crippen molar-refractivity contribution in [2.75, 3.05) is 6.54 Å². The SMILES string of the molecule is CCNC(c1ccc(C)c(Cl)c1)c1cc2c(s1)CCCC2. The fraction of sp³-hybridized carbons (Fsp3) is 0.444. The Bertz CT molecular complexity index is 609. The zero-order chi connectivity index (χ0) is 14.8. The van der Waals surface area contributed by atoms with Crippen LogP contribution in [0.25, 0.3) is 0 Å². The zero-order valence-corrected chi connectivity index (χ0v) is 14.3. The molecule has 1 N–H and O–H groups in total. The second kappa shape index (κ2) is 6.51. The van der Waals surface area contributed by atoms with Crippen molar-refractivity contribution in [2.45, 2.75) is 45.6 Å². The molecule has 0 saturated carbocycles. The normalized spacial score (nSPS) is 15.8. The first-order valence-corrected chi connectivity index (χ1v) is 8.99. The minimum Gasteiger partial charge on any atom is -0.306 e. The smallest absolute Gasteiger partial charge is 0.0671 e. The number of hydrogen-bond acceptors (Lipinski definition) is 2. The lowest BCUT2D eigenvalue weighted by molar-refractivity contribution is 0.638. The highest BCUT2D eigenvalue weighted by molar-refractivity contribution is 7.12. The lowest BCUT2D eigenvalue weighted by atomic mass is 9.97. The second-order valence-corrected chi connectivity index (χ2v) is 7.38. The monoisotopic (exact) mass is 319 g/mol. The van der Waals surface area contributed by atoms with Gasteiger partial charge in [0.1, 0.15) is 0 Å². The Balaban J connectivity index is 1.96. The van der Waals surface area contributed by atoms with E-state index in [1.54, 1.807) is 10.4 Å². The van der Waals surface area contributed by atoms with Crippen LogP contribution in [0.4, 0.5) is 0 Å². The number of aryl methyl sites for hydroxylation is 3. The van der Waals surface area contributed by atoms with E-state index in [0.717, 1.165) is 17.1 Å². The van der Waals surface area contributed by atoms with Crippen LogP contribution >= 0.6 is 22.9 Å². The highest BCUT2D eigenvalue weighted by Crippen LogP contribution is 2.36. The summed E-state index contributed by atoms with van der Waals surface area (Å²) in [5, 5.41) is 4.48. The Labute approximate surface area is 136 Å². The van der Waals surface area contributed by atoms with E-state index in [1.807, 2.05) is 11.3 Å². The number of halogens is 1. The Kier molecular flexibility index (Phi) is 4.68. The first-order valence-electron chi connectivity index (χ1n) is 7.80. The number of rotatable bonds is 4. The molecule has 0 bridgehead atoms. The maximum Gasteiger partial charge on any atom is 0.0671 e. The van der Waals surface area contributed by atoms with Crippen LogP contribution in [0.3, 0.4) is 0 Å². The molecule has 1 unspecified atom stereocenters. The topological polar surface area (TPSA) is 12.0 Å². The maximum absolute atomic E-state index is 6.32. The van der Waals surface area contributed by atoms with Crippen LogP contribution < -0.4 is 5.32 Å². The molecule has 1 aromatic heterocycles. The summed E-state index contributed by atoms with van der Waals surface area (Å²) in [6, 6.07) is 9.12. The molecule has 1 heterocycles. The van der Waals surface area contributed by atoms with Gasteiger partial charge < -0.3 is 5.32 Å². The van der Waals surface area contributed by atoms with Crippen LogP contribution in [0.5, 0.6) is 0 Å². The van der Waals surface area contributed by atoms with Crippen LogP contribution in [0.15, 0.2) is 24.3 Å². The van der Waals surface area contributed by atoms with E-state index in [4.69, 9.17) is 11.6 Å². The lowest BCUT2D eigenvalue weighted by Crippen LogP contribution is -2.21. The molecule has 3 heteroatoms. The minimum atomic E-state index is 0.267. The van der Waals surface area contributed by atoms with E-state index in [9.17, 15) is 0 Å². The average Bonchev–Trinajstić information content (AvgIpc) is 2.91. The van der Waals surface area contributed by atoms with Crippen molar-refractivity contribution >= 4 is 22.9 Å². The molecule has 0 amide bonds. The van der Waals surface area contributed by atoms with Crippen molar-refractivity contribution in [1.29, 1.82) is 0 Å². The van der Waals surface area contributed by atoms with E-state index >= 15 is 0 Å². The molecule has 3 rings (SSSR count). The molecule has 0 fully saturated rings. The molecular formula is C18H22ClNS. The van der Waals surface area contributed by atoms with Crippen LogP contribution in [0, 0.1) is 6.92 Å². The summed E-state index contributed by atoms with van der Waals surface area (Å²) in [4.78, 5) is 3.03. The Hall–Kier alpha value is -0.830. The molecule has 1 nitrogen and oxygen atoms in total. The largest absolute Gasteiger partial charge is 0.306 e. The molecule has 1 aliphatic rings. The predicted octanol–water partition coefficient (Wildman–Crippen LogP) is 5.29. The molecule has 1 aliphatic carbocycles. The number of thiophene rings is 1. The predicted molar refractivity (Wildman–Crippen MR) is 92.7 cm³/mol. The summed E-state index contributed by atoms with van der Waals surface area (Å²) in [6.07, 6.45) is 5.19. The first-order chi connectivity index (χ1) is 10.2. The van der Waals surface area contributed by atoms with Gasteiger partial charge in [-0.25, -0.2) is 0 Å². The molecule has 112 valence electrons. The van der Waals surface area contributed by atoms with Gasteiger partial charge in [0.05, 0.1) is 6.04 Å². The summed E-state index contributed by atoms with van der Waals surface area (Å²) in [6.45, 7) is 5.17. The molecule has 0 radical (unpaired) electrons. The van der Waals surface area contributed by atoms with Crippen LogP contribution in [0.2, 0.25) is 5.02 Å². The van der Waals surface area contributed by atoms with Gasteiger partial charge >= 0.3 is 0 Å². The van der Waals surface area contributed by atoms with Gasteiger partial charge in [-0.3, -0.25) is 0 Å². The zero-order valence-electron chi connectivity index (χ0n) is 12.7. The van der Waals surface area contributed by atoms with E-state index < -0.39 is 0 Å². The third-order valence-electron chi connectivity index (χ3n) is 4.24. The molecule has 21 heavy (non-hydrogen) atoms. The number of fused-ring (bicyclic) bond motifs is 1. The van der Waals surface area contributed by atoms with Gasteiger partial charge in [0.25, 0.3) is 0 Å². The van der Waals surface area contributed by atoms with Crippen molar-refractivity contribution < 1.29 is 0 Å². The van der Waals surface area contributed by atoms with Gasteiger partial charge in [-0.1, -0.05) is 30.7 Å². The van der Waals surface area contributed by atoms with E-state index in [-0.39, 0.29) is 6.04 Å². The van der Waals surface area contributed by atoms with Crippen LogP contribution in [-0.4, -0.2) is 6.54 Å². The summed E-state index contributed by atoms with van der Waals surface area (Å²) in [5.41, 5.74) is 3.98. The summed E-state index contributed by atoms with van der Waals surface area (Å²) in [5.74, 6) is 0. The Morgan fingerprint density at radius 2 is 2.05 bits per heavy atom. The number of benzene rings is 1. The van der Waals surface area contributed by atoms with Crippen molar-refractivity contribution in [3.63, 3.8) is 0 Å². The van der Waals surface area contributed by atoms with Gasteiger partial charge in [-0.15, -0.1) is 11.3 Å². The molecule has 1 atom stereocenters. The first kappa shape index (κ1) is 15.1. The van der Waals surface area contributed by atoms with E-state index in [2.05, 4.69) is 43.4 Å². The Morgan fingerprint density at radius 3 is 2.76 bits per heavy atom.